The van der Waals surface area contributed by atoms with E-state index in [1.807, 2.05) is 13.8 Å². The highest BCUT2D eigenvalue weighted by Crippen LogP contribution is 1.93. The zero-order valence-corrected chi connectivity index (χ0v) is 7.42. The van der Waals surface area contributed by atoms with Gasteiger partial charge in [0.2, 0.25) is 0 Å². The minimum Gasteiger partial charge on any atom is -0.463 e. The topological polar surface area (TPSA) is 35.5 Å². The fourth-order valence-corrected chi connectivity index (χ4v) is 0.645. The summed E-state index contributed by atoms with van der Waals surface area (Å²) >= 11 is 0. The molecule has 3 heteroatoms. The summed E-state index contributed by atoms with van der Waals surface area (Å²) in [4.78, 5) is 10.6. The van der Waals surface area contributed by atoms with Crippen LogP contribution in [0.1, 0.15) is 27.2 Å². The van der Waals surface area contributed by atoms with E-state index in [-0.39, 0.29) is 12.1 Å². The van der Waals surface area contributed by atoms with Gasteiger partial charge in [0.1, 0.15) is 6.61 Å². The minimum absolute atomic E-state index is 0.00972. The zero-order valence-electron chi connectivity index (χ0n) is 7.42. The van der Waals surface area contributed by atoms with E-state index in [1.165, 1.54) is 0 Å². The lowest BCUT2D eigenvalue weighted by atomic mass is 10.4. The molecule has 0 heterocycles. The number of carbonyl (C=O) groups excluding carboxylic acids is 1. The first-order valence-corrected chi connectivity index (χ1v) is 3.97. The molecule has 0 aromatic rings. The summed E-state index contributed by atoms with van der Waals surface area (Å²) in [7, 11) is 0. The molecule has 0 rings (SSSR count). The number of carbonyl (C=O) groups is 1. The van der Waals surface area contributed by atoms with Crippen LogP contribution in [0, 0.1) is 0 Å². The minimum atomic E-state index is -0.170. The Morgan fingerprint density at radius 3 is 2.55 bits per heavy atom. The lowest BCUT2D eigenvalue weighted by molar-refractivity contribution is -0.147. The van der Waals surface area contributed by atoms with Crippen molar-refractivity contribution >= 4 is 5.97 Å². The first-order chi connectivity index (χ1) is 5.20. The van der Waals surface area contributed by atoms with Crippen LogP contribution in [0.2, 0.25) is 0 Å². The highest BCUT2D eigenvalue weighted by Gasteiger charge is 2.03. The van der Waals surface area contributed by atoms with Crippen molar-refractivity contribution in [3.63, 3.8) is 0 Å². The maximum Gasteiger partial charge on any atom is 0.305 e. The molecule has 0 aromatic carbocycles. The van der Waals surface area contributed by atoms with Gasteiger partial charge < -0.3 is 9.47 Å². The Balaban J connectivity index is 3.29. The van der Waals surface area contributed by atoms with Gasteiger partial charge >= 0.3 is 5.97 Å². The van der Waals surface area contributed by atoms with Gasteiger partial charge in [-0.05, 0) is 13.8 Å². The molecule has 0 saturated heterocycles. The lowest BCUT2D eigenvalue weighted by Crippen LogP contribution is -2.18. The van der Waals surface area contributed by atoms with E-state index in [9.17, 15) is 4.79 Å². The van der Waals surface area contributed by atoms with Crippen LogP contribution in [0.3, 0.4) is 0 Å². The summed E-state index contributed by atoms with van der Waals surface area (Å²) in [5, 5.41) is 0. The van der Waals surface area contributed by atoms with Gasteiger partial charge in [0.05, 0.1) is 6.10 Å². The standard InChI is InChI=1S/C8H16O3/c1-4-8(9)11-6-7(3)10-5-2/h7H,4-6H2,1-3H3/t7-/m0/s1. The second-order valence-corrected chi connectivity index (χ2v) is 2.30. The molecule has 0 amide bonds. The molecule has 0 radical (unpaired) electrons. The Hall–Kier alpha value is -0.570. The molecule has 11 heavy (non-hydrogen) atoms. The molecular weight excluding hydrogens is 144 g/mol. The SMILES string of the molecule is CCO[C@@H](C)COC(=O)CC. The molecule has 0 aliphatic carbocycles. The quantitative estimate of drug-likeness (QED) is 0.570. The van der Waals surface area contributed by atoms with Crippen molar-refractivity contribution in [2.75, 3.05) is 13.2 Å². The first-order valence-electron chi connectivity index (χ1n) is 3.97. The average molecular weight is 160 g/mol. The molecule has 0 aliphatic rings. The Morgan fingerprint density at radius 1 is 1.45 bits per heavy atom. The molecule has 0 fully saturated rings. The third-order valence-electron chi connectivity index (χ3n) is 1.22. The van der Waals surface area contributed by atoms with Crippen LogP contribution in [0.25, 0.3) is 0 Å². The first kappa shape index (κ1) is 10.4. The van der Waals surface area contributed by atoms with Crippen molar-refractivity contribution in [1.29, 1.82) is 0 Å². The third-order valence-corrected chi connectivity index (χ3v) is 1.22. The van der Waals surface area contributed by atoms with E-state index in [0.717, 1.165) is 0 Å². The average Bonchev–Trinajstić information content (AvgIpc) is 2.01. The Bertz CT molecular complexity index is 112. The monoisotopic (exact) mass is 160 g/mol. The number of hydrogen-bond acceptors (Lipinski definition) is 3. The molecule has 0 aliphatic heterocycles. The van der Waals surface area contributed by atoms with E-state index < -0.39 is 0 Å². The van der Waals surface area contributed by atoms with E-state index in [1.54, 1.807) is 6.92 Å². The summed E-state index contributed by atoms with van der Waals surface area (Å²) in [6.45, 7) is 6.59. The molecule has 0 spiro atoms. The predicted octanol–water partition coefficient (Wildman–Crippen LogP) is 1.36. The van der Waals surface area contributed by atoms with Crippen LogP contribution in [0.4, 0.5) is 0 Å². The van der Waals surface area contributed by atoms with Crippen molar-refractivity contribution in [3.8, 4) is 0 Å². The number of rotatable bonds is 5. The fourth-order valence-electron chi connectivity index (χ4n) is 0.645. The molecule has 0 N–H and O–H groups in total. The van der Waals surface area contributed by atoms with Gasteiger partial charge in [0, 0.05) is 13.0 Å². The Morgan fingerprint density at radius 2 is 2.09 bits per heavy atom. The molecule has 66 valence electrons. The molecule has 1 atom stereocenters. The predicted molar refractivity (Wildman–Crippen MR) is 42.3 cm³/mol. The van der Waals surface area contributed by atoms with Crippen molar-refractivity contribution < 1.29 is 14.3 Å². The van der Waals surface area contributed by atoms with Crippen LogP contribution < -0.4 is 0 Å². The summed E-state index contributed by atoms with van der Waals surface area (Å²) in [5.41, 5.74) is 0. The van der Waals surface area contributed by atoms with Crippen molar-refractivity contribution in [3.05, 3.63) is 0 Å². The van der Waals surface area contributed by atoms with Crippen LogP contribution >= 0.6 is 0 Å². The summed E-state index contributed by atoms with van der Waals surface area (Å²) < 4.78 is 10.0. The highest BCUT2D eigenvalue weighted by atomic mass is 16.6. The van der Waals surface area contributed by atoms with Gasteiger partial charge in [0.25, 0.3) is 0 Å². The number of ether oxygens (including phenoxy) is 2. The fraction of sp³-hybridized carbons (Fsp3) is 0.875. The zero-order chi connectivity index (χ0) is 8.69. The maximum absolute atomic E-state index is 10.6. The van der Waals surface area contributed by atoms with Crippen molar-refractivity contribution in [2.45, 2.75) is 33.3 Å². The highest BCUT2D eigenvalue weighted by molar-refractivity contribution is 5.68. The van der Waals surface area contributed by atoms with Gasteiger partial charge in [-0.25, -0.2) is 0 Å². The number of hydrogen-bond donors (Lipinski definition) is 0. The molecule has 0 saturated carbocycles. The Kier molecular flexibility index (Phi) is 5.84. The number of esters is 1. The smallest absolute Gasteiger partial charge is 0.305 e. The van der Waals surface area contributed by atoms with Crippen LogP contribution in [-0.2, 0) is 14.3 Å². The van der Waals surface area contributed by atoms with E-state index in [4.69, 9.17) is 9.47 Å². The summed E-state index contributed by atoms with van der Waals surface area (Å²) in [5.74, 6) is -0.170. The molecule has 0 aromatic heterocycles. The van der Waals surface area contributed by atoms with Gasteiger partial charge in [-0.15, -0.1) is 0 Å². The van der Waals surface area contributed by atoms with Crippen LogP contribution in [0.15, 0.2) is 0 Å². The third kappa shape index (κ3) is 5.85. The van der Waals surface area contributed by atoms with Crippen LogP contribution in [-0.4, -0.2) is 25.3 Å². The summed E-state index contributed by atoms with van der Waals surface area (Å²) in [6.07, 6.45) is 0.439. The van der Waals surface area contributed by atoms with Gasteiger partial charge in [0.15, 0.2) is 0 Å². The van der Waals surface area contributed by atoms with E-state index in [0.29, 0.717) is 19.6 Å². The second kappa shape index (κ2) is 6.16. The van der Waals surface area contributed by atoms with Gasteiger partial charge in [-0.3, -0.25) is 4.79 Å². The molecule has 3 nitrogen and oxygen atoms in total. The van der Waals surface area contributed by atoms with Crippen LogP contribution in [0.5, 0.6) is 0 Å². The molecular formula is C8H16O3. The molecule has 0 unspecified atom stereocenters. The van der Waals surface area contributed by atoms with Gasteiger partial charge in [-0.2, -0.15) is 0 Å². The summed E-state index contributed by atoms with van der Waals surface area (Å²) in [6, 6.07) is 0. The Labute approximate surface area is 67.7 Å². The molecule has 0 bridgehead atoms. The lowest BCUT2D eigenvalue weighted by Gasteiger charge is -2.10. The largest absolute Gasteiger partial charge is 0.463 e. The maximum atomic E-state index is 10.6. The van der Waals surface area contributed by atoms with Crippen molar-refractivity contribution in [2.24, 2.45) is 0 Å². The van der Waals surface area contributed by atoms with Gasteiger partial charge in [-0.1, -0.05) is 6.92 Å². The van der Waals surface area contributed by atoms with E-state index >= 15 is 0 Å². The second-order valence-electron chi connectivity index (χ2n) is 2.30. The van der Waals surface area contributed by atoms with E-state index in [2.05, 4.69) is 0 Å². The normalized spacial score (nSPS) is 12.6. The van der Waals surface area contributed by atoms with Crippen molar-refractivity contribution in [1.82, 2.24) is 0 Å².